The van der Waals surface area contributed by atoms with E-state index in [9.17, 15) is 61.0 Å². The van der Waals surface area contributed by atoms with Gasteiger partial charge in [-0.1, -0.05) is 0 Å². The van der Waals surface area contributed by atoms with Crippen LogP contribution < -0.4 is 14.9 Å². The molecule has 0 bridgehead atoms. The Bertz CT molecular complexity index is 1850. The third-order valence-electron chi connectivity index (χ3n) is 9.57. The zero-order chi connectivity index (χ0) is 39.3. The molecule has 3 aliphatic rings. The largest absolute Gasteiger partial charge is 0.508 e. The van der Waals surface area contributed by atoms with Crippen molar-refractivity contribution in [2.75, 3.05) is 13.7 Å². The summed E-state index contributed by atoms with van der Waals surface area (Å²) in [7, 11) is 1.27. The third-order valence-corrected chi connectivity index (χ3v) is 9.57. The van der Waals surface area contributed by atoms with E-state index in [2.05, 4.69) is 0 Å². The number of benzene rings is 2. The minimum absolute atomic E-state index is 0.0447. The molecule has 3 aliphatic heterocycles. The molecule has 3 saturated heterocycles. The zero-order valence-corrected chi connectivity index (χ0v) is 28.8. The van der Waals surface area contributed by atoms with E-state index in [0.717, 1.165) is 12.1 Å². The van der Waals surface area contributed by atoms with Gasteiger partial charge in [0.1, 0.15) is 83.5 Å². The highest BCUT2D eigenvalue weighted by Crippen LogP contribution is 2.40. The summed E-state index contributed by atoms with van der Waals surface area (Å²) in [6.07, 6.45) is -24.5. The van der Waals surface area contributed by atoms with Crippen LogP contribution in [0.1, 0.15) is 13.8 Å². The van der Waals surface area contributed by atoms with Crippen LogP contribution in [-0.2, 0) is 23.7 Å². The highest BCUT2D eigenvalue weighted by Gasteiger charge is 2.51. The number of hydrogen-bond acceptors (Lipinski definition) is 20. The molecule has 3 fully saturated rings. The van der Waals surface area contributed by atoms with Gasteiger partial charge in [0.2, 0.25) is 17.5 Å². The van der Waals surface area contributed by atoms with E-state index in [1.165, 1.54) is 39.2 Å². The molecular formula is C34H42O20. The van der Waals surface area contributed by atoms with Crippen LogP contribution in [0.25, 0.3) is 22.3 Å². The van der Waals surface area contributed by atoms with Crippen molar-refractivity contribution < 1.29 is 93.7 Å². The van der Waals surface area contributed by atoms with Crippen LogP contribution in [0.5, 0.6) is 28.7 Å². The zero-order valence-electron chi connectivity index (χ0n) is 28.8. The number of phenols is 3. The molecule has 298 valence electrons. The first-order valence-electron chi connectivity index (χ1n) is 16.8. The number of aliphatic hydroxyl groups is 8. The fourth-order valence-corrected chi connectivity index (χ4v) is 6.40. The SMILES string of the molecule is COc1cc(-c2oc3cc(O)cc(O)c3c(=O)c2OC2OC(COC3OC(C)C(O)C(O)C3OC3OC(C)C(O)C(O)C3O)C(O)C(O)C2O)ccc1O. The van der Waals surface area contributed by atoms with E-state index in [1.807, 2.05) is 0 Å². The van der Waals surface area contributed by atoms with E-state index < -0.39 is 127 Å². The molecule has 0 aliphatic carbocycles. The number of ether oxygens (including phenoxy) is 7. The molecule has 15 atom stereocenters. The Morgan fingerprint density at radius 2 is 1.31 bits per heavy atom. The molecular weight excluding hydrogens is 728 g/mol. The predicted molar refractivity (Wildman–Crippen MR) is 176 cm³/mol. The van der Waals surface area contributed by atoms with E-state index in [1.54, 1.807) is 0 Å². The molecule has 0 spiro atoms. The molecule has 20 heteroatoms. The first kappa shape index (κ1) is 39.8. The normalized spacial score (nSPS) is 37.3. The van der Waals surface area contributed by atoms with E-state index in [0.29, 0.717) is 0 Å². The van der Waals surface area contributed by atoms with E-state index in [-0.39, 0.29) is 28.4 Å². The van der Waals surface area contributed by atoms with Gasteiger partial charge in [-0.25, -0.2) is 0 Å². The summed E-state index contributed by atoms with van der Waals surface area (Å²) >= 11 is 0. The van der Waals surface area contributed by atoms with Gasteiger partial charge in [0.15, 0.2) is 29.8 Å². The topological polar surface area (TPSA) is 317 Å². The third kappa shape index (κ3) is 7.41. The van der Waals surface area contributed by atoms with Gasteiger partial charge < -0.3 is 93.7 Å². The minimum Gasteiger partial charge on any atom is -0.508 e. The fraction of sp³-hybridized carbons (Fsp3) is 0.559. The van der Waals surface area contributed by atoms with Crippen molar-refractivity contribution in [3.05, 3.63) is 40.6 Å². The smallest absolute Gasteiger partial charge is 0.239 e. The van der Waals surface area contributed by atoms with Gasteiger partial charge in [-0.3, -0.25) is 4.79 Å². The van der Waals surface area contributed by atoms with Crippen LogP contribution in [0.4, 0.5) is 0 Å². The van der Waals surface area contributed by atoms with Crippen molar-refractivity contribution in [1.29, 1.82) is 0 Å². The highest BCUT2D eigenvalue weighted by atomic mass is 16.8. The summed E-state index contributed by atoms with van der Waals surface area (Å²) in [4.78, 5) is 13.9. The highest BCUT2D eigenvalue weighted by molar-refractivity contribution is 5.88. The summed E-state index contributed by atoms with van der Waals surface area (Å²) in [5.41, 5.74) is -1.22. The monoisotopic (exact) mass is 770 g/mol. The van der Waals surface area contributed by atoms with Gasteiger partial charge in [-0.05, 0) is 32.0 Å². The molecule has 15 unspecified atom stereocenters. The maximum absolute atomic E-state index is 13.9. The van der Waals surface area contributed by atoms with Crippen LogP contribution in [0.15, 0.2) is 39.5 Å². The van der Waals surface area contributed by atoms with Crippen LogP contribution in [0.3, 0.4) is 0 Å². The number of aliphatic hydroxyl groups excluding tert-OH is 8. The summed E-state index contributed by atoms with van der Waals surface area (Å²) in [5, 5.41) is 115. The second-order valence-electron chi connectivity index (χ2n) is 13.3. The molecule has 0 amide bonds. The van der Waals surface area contributed by atoms with Gasteiger partial charge in [0.25, 0.3) is 0 Å². The van der Waals surface area contributed by atoms with Crippen molar-refractivity contribution in [2.24, 2.45) is 0 Å². The molecule has 2 aromatic carbocycles. The summed E-state index contributed by atoms with van der Waals surface area (Å²) in [6, 6.07) is 5.74. The average Bonchev–Trinajstić information content (AvgIpc) is 3.13. The van der Waals surface area contributed by atoms with Crippen LogP contribution >= 0.6 is 0 Å². The Labute approximate surface area is 305 Å². The number of hydrogen-bond donors (Lipinski definition) is 11. The van der Waals surface area contributed by atoms with Crippen molar-refractivity contribution in [1.82, 2.24) is 0 Å². The molecule has 54 heavy (non-hydrogen) atoms. The maximum atomic E-state index is 13.9. The van der Waals surface area contributed by atoms with Crippen LogP contribution in [0.2, 0.25) is 0 Å². The Balaban J connectivity index is 1.28. The fourth-order valence-electron chi connectivity index (χ4n) is 6.40. The van der Waals surface area contributed by atoms with Gasteiger partial charge in [-0.2, -0.15) is 0 Å². The number of fused-ring (bicyclic) bond motifs is 1. The first-order chi connectivity index (χ1) is 25.5. The molecule has 6 rings (SSSR count). The lowest BCUT2D eigenvalue weighted by molar-refractivity contribution is -0.367. The van der Waals surface area contributed by atoms with Gasteiger partial charge in [0, 0.05) is 17.7 Å². The Hall–Kier alpha value is -3.87. The summed E-state index contributed by atoms with van der Waals surface area (Å²) < 4.78 is 45.3. The second kappa shape index (κ2) is 15.7. The molecule has 0 saturated carbocycles. The molecule has 1 aromatic heterocycles. The minimum atomic E-state index is -2.02. The van der Waals surface area contributed by atoms with Crippen molar-refractivity contribution in [3.63, 3.8) is 0 Å². The molecule has 20 nitrogen and oxygen atoms in total. The average molecular weight is 771 g/mol. The van der Waals surface area contributed by atoms with Crippen molar-refractivity contribution in [3.8, 4) is 40.1 Å². The number of rotatable bonds is 9. The first-order valence-corrected chi connectivity index (χ1v) is 16.8. The number of phenolic OH excluding ortho intramolecular Hbond substituents is 3. The predicted octanol–water partition coefficient (Wildman–Crippen LogP) is -2.53. The second-order valence-corrected chi connectivity index (χ2v) is 13.3. The molecule has 11 N–H and O–H groups in total. The molecule has 0 radical (unpaired) electrons. The lowest BCUT2D eigenvalue weighted by Crippen LogP contribution is -2.64. The Morgan fingerprint density at radius 3 is 2.00 bits per heavy atom. The maximum Gasteiger partial charge on any atom is 0.239 e. The number of aromatic hydroxyl groups is 3. The number of methoxy groups -OCH3 is 1. The molecule has 4 heterocycles. The van der Waals surface area contributed by atoms with Gasteiger partial charge in [-0.15, -0.1) is 0 Å². The lowest BCUT2D eigenvalue weighted by atomic mass is 9.97. The Morgan fingerprint density at radius 1 is 0.685 bits per heavy atom. The van der Waals surface area contributed by atoms with Gasteiger partial charge >= 0.3 is 0 Å². The van der Waals surface area contributed by atoms with E-state index in [4.69, 9.17) is 37.6 Å². The lowest BCUT2D eigenvalue weighted by Gasteiger charge is -2.46. The van der Waals surface area contributed by atoms with Crippen molar-refractivity contribution >= 4 is 11.0 Å². The summed E-state index contributed by atoms with van der Waals surface area (Å²) in [5.74, 6) is -2.48. The Kier molecular flexibility index (Phi) is 11.6. The van der Waals surface area contributed by atoms with Crippen molar-refractivity contribution in [2.45, 2.75) is 106 Å². The quantitative estimate of drug-likeness (QED) is 0.107. The summed E-state index contributed by atoms with van der Waals surface area (Å²) in [6.45, 7) is 2.11. The van der Waals surface area contributed by atoms with E-state index >= 15 is 0 Å². The van der Waals surface area contributed by atoms with Gasteiger partial charge in [0.05, 0.1) is 25.9 Å². The van der Waals surface area contributed by atoms with Crippen LogP contribution in [-0.4, -0.2) is 162 Å². The molecule has 3 aromatic rings. The standard InChI is InChI=1S/C34H42O20/c1-10-20(38)24(42)27(45)32(49-10)54-31-26(44)21(39)11(2)50-34(31)48-9-18-22(40)25(43)28(46)33(52-18)53-30-23(41)19-15(37)7-13(35)8-17(19)51-29(30)12-4-5-14(36)16(6-12)47-3/h4-8,10-11,18,20-22,24-28,31-40,42-46H,9H2,1-3H3. The van der Waals surface area contributed by atoms with Crippen LogP contribution in [0, 0.1) is 0 Å².